The number of halogens is 2. The number of morpholine rings is 1. The van der Waals surface area contributed by atoms with Gasteiger partial charge in [0.15, 0.2) is 5.96 Å². The van der Waals surface area contributed by atoms with Gasteiger partial charge in [-0.3, -0.25) is 4.79 Å². The summed E-state index contributed by atoms with van der Waals surface area (Å²) in [5, 5.41) is 2.83. The van der Waals surface area contributed by atoms with Crippen LogP contribution in [0, 0.1) is 6.92 Å². The summed E-state index contributed by atoms with van der Waals surface area (Å²) < 4.78 is 6.16. The molecule has 1 aromatic rings. The normalized spacial score (nSPS) is 15.2. The smallest absolute Gasteiger partial charge is 0.246 e. The lowest BCUT2D eigenvalue weighted by Gasteiger charge is -2.27. The number of nitrogens with one attached hydrogen (secondary N) is 1. The number of ether oxygens (including phenoxy) is 1. The zero-order valence-corrected chi connectivity index (χ0v) is 16.3. The first-order valence-electron chi connectivity index (χ1n) is 6.75. The maximum atomic E-state index is 11.9. The van der Waals surface area contributed by atoms with Crippen LogP contribution < -0.4 is 11.1 Å². The van der Waals surface area contributed by atoms with Crippen molar-refractivity contribution >= 4 is 57.5 Å². The topological polar surface area (TPSA) is 80.0 Å². The summed E-state index contributed by atoms with van der Waals surface area (Å²) in [6, 6.07) is 5.73. The Balaban J connectivity index is 0.00000242. The first-order chi connectivity index (χ1) is 10.1. The Morgan fingerprint density at radius 3 is 2.82 bits per heavy atom. The molecule has 3 N–H and O–H groups in total. The second-order valence-corrected chi connectivity index (χ2v) is 5.70. The molecule has 1 aliphatic rings. The van der Waals surface area contributed by atoms with Crippen LogP contribution in [-0.2, 0) is 9.53 Å². The third kappa shape index (κ3) is 5.73. The van der Waals surface area contributed by atoms with E-state index in [0.717, 1.165) is 15.7 Å². The summed E-state index contributed by atoms with van der Waals surface area (Å²) in [4.78, 5) is 18.0. The van der Waals surface area contributed by atoms with Crippen molar-refractivity contribution in [2.45, 2.75) is 6.92 Å². The number of nitrogens with zero attached hydrogens (tertiary/aromatic N) is 2. The number of carbonyl (C=O) groups excluding carboxylic acids is 1. The van der Waals surface area contributed by atoms with E-state index in [1.54, 1.807) is 0 Å². The highest BCUT2D eigenvalue weighted by Crippen LogP contribution is 2.20. The summed E-state index contributed by atoms with van der Waals surface area (Å²) in [7, 11) is 0. The van der Waals surface area contributed by atoms with Crippen LogP contribution in [0.2, 0.25) is 0 Å². The molecule has 1 heterocycles. The Hall–Kier alpha value is -0.870. The van der Waals surface area contributed by atoms with E-state index >= 15 is 0 Å². The summed E-state index contributed by atoms with van der Waals surface area (Å²) in [6.45, 7) is 4.64. The Morgan fingerprint density at radius 1 is 1.45 bits per heavy atom. The number of hydrogen-bond donors (Lipinski definition) is 2. The molecule has 0 unspecified atom stereocenters. The molecule has 0 aliphatic carbocycles. The largest absolute Gasteiger partial charge is 0.378 e. The highest BCUT2D eigenvalue weighted by Gasteiger charge is 2.12. The molecule has 1 fully saturated rings. The Morgan fingerprint density at radius 2 is 2.14 bits per heavy atom. The van der Waals surface area contributed by atoms with Crippen LogP contribution in [0.3, 0.4) is 0 Å². The molecular weight excluding hydrogens is 463 g/mol. The van der Waals surface area contributed by atoms with E-state index in [-0.39, 0.29) is 36.4 Å². The summed E-state index contributed by atoms with van der Waals surface area (Å²) in [5.74, 6) is 0.201. The van der Waals surface area contributed by atoms with Crippen LogP contribution in [0.1, 0.15) is 5.56 Å². The van der Waals surface area contributed by atoms with Gasteiger partial charge in [-0.2, -0.15) is 0 Å². The number of guanidine groups is 1. The molecule has 0 atom stereocenters. The lowest BCUT2D eigenvalue weighted by Crippen LogP contribution is -2.45. The van der Waals surface area contributed by atoms with Gasteiger partial charge in [-0.05, 0) is 24.6 Å². The maximum absolute atomic E-state index is 11.9. The lowest BCUT2D eigenvalue weighted by atomic mass is 10.2. The number of aliphatic imine (C=N–C) groups is 1. The molecule has 1 aliphatic heterocycles. The van der Waals surface area contributed by atoms with Crippen molar-refractivity contribution in [2.75, 3.05) is 38.2 Å². The minimum absolute atomic E-state index is 0. The average Bonchev–Trinajstić information content (AvgIpc) is 2.49. The van der Waals surface area contributed by atoms with Gasteiger partial charge in [0, 0.05) is 23.2 Å². The lowest BCUT2D eigenvalue weighted by molar-refractivity contribution is -0.114. The van der Waals surface area contributed by atoms with Crippen molar-refractivity contribution in [3.05, 3.63) is 28.2 Å². The van der Waals surface area contributed by atoms with Crippen LogP contribution in [-0.4, -0.2) is 49.6 Å². The number of nitrogens with two attached hydrogens (primary N) is 1. The first-order valence-corrected chi connectivity index (χ1v) is 7.54. The molecule has 1 saturated heterocycles. The Bertz CT molecular complexity index is 548. The highest BCUT2D eigenvalue weighted by molar-refractivity contribution is 14.0. The van der Waals surface area contributed by atoms with Gasteiger partial charge in [-0.15, -0.1) is 24.0 Å². The Kier molecular flexibility index (Phi) is 8.12. The highest BCUT2D eigenvalue weighted by atomic mass is 127. The zero-order chi connectivity index (χ0) is 15.2. The minimum Gasteiger partial charge on any atom is -0.378 e. The quantitative estimate of drug-likeness (QED) is 0.392. The number of amides is 1. The predicted octanol–water partition coefficient (Wildman–Crippen LogP) is 1.96. The molecule has 6 nitrogen and oxygen atoms in total. The monoisotopic (exact) mass is 482 g/mol. The predicted molar refractivity (Wildman–Crippen MR) is 102 cm³/mol. The number of rotatable bonds is 3. The van der Waals surface area contributed by atoms with E-state index in [9.17, 15) is 4.79 Å². The van der Waals surface area contributed by atoms with Gasteiger partial charge in [0.25, 0.3) is 0 Å². The number of benzene rings is 1. The van der Waals surface area contributed by atoms with Crippen LogP contribution in [0.15, 0.2) is 27.7 Å². The van der Waals surface area contributed by atoms with E-state index in [2.05, 4.69) is 26.2 Å². The molecular formula is C14H20BrIN4O2. The van der Waals surface area contributed by atoms with Gasteiger partial charge in [0.2, 0.25) is 5.91 Å². The van der Waals surface area contributed by atoms with Crippen LogP contribution >= 0.6 is 39.9 Å². The first kappa shape index (κ1) is 19.2. The second kappa shape index (κ2) is 9.31. The number of hydrogen-bond acceptors (Lipinski definition) is 3. The van der Waals surface area contributed by atoms with Gasteiger partial charge in [0.1, 0.15) is 6.54 Å². The molecule has 8 heteroatoms. The molecule has 0 radical (unpaired) electrons. The van der Waals surface area contributed by atoms with Crippen LogP contribution in [0.5, 0.6) is 0 Å². The van der Waals surface area contributed by atoms with Crippen molar-refractivity contribution in [2.24, 2.45) is 10.7 Å². The van der Waals surface area contributed by atoms with E-state index in [0.29, 0.717) is 32.3 Å². The van der Waals surface area contributed by atoms with Crippen LogP contribution in [0.4, 0.5) is 5.69 Å². The average molecular weight is 483 g/mol. The standard InChI is InChI=1S/C14H19BrN4O2.HI/c1-10-2-3-11(15)8-12(10)18-13(20)9-17-14(16)19-4-6-21-7-5-19;/h2-3,8H,4-7,9H2,1H3,(H2,16,17)(H,18,20);1H. The molecule has 22 heavy (non-hydrogen) atoms. The van der Waals surface area contributed by atoms with Crippen molar-refractivity contribution < 1.29 is 9.53 Å². The molecule has 2 rings (SSSR count). The zero-order valence-electron chi connectivity index (χ0n) is 12.3. The second-order valence-electron chi connectivity index (χ2n) is 4.78. The van der Waals surface area contributed by atoms with Gasteiger partial charge >= 0.3 is 0 Å². The SMILES string of the molecule is Cc1ccc(Br)cc1NC(=O)CN=C(N)N1CCOCC1.I. The van der Waals surface area contributed by atoms with Gasteiger partial charge in [-0.25, -0.2) is 4.99 Å². The molecule has 0 spiro atoms. The summed E-state index contributed by atoms with van der Waals surface area (Å²) in [6.07, 6.45) is 0. The molecule has 1 amide bonds. The molecule has 0 bridgehead atoms. The van der Waals surface area contributed by atoms with Gasteiger partial charge < -0.3 is 20.7 Å². The van der Waals surface area contributed by atoms with Crippen molar-refractivity contribution in [3.8, 4) is 0 Å². The number of aryl methyl sites for hydroxylation is 1. The van der Waals surface area contributed by atoms with Gasteiger partial charge in [0.05, 0.1) is 13.2 Å². The fourth-order valence-corrected chi connectivity index (χ4v) is 2.32. The fraction of sp³-hybridized carbons (Fsp3) is 0.429. The van der Waals surface area contributed by atoms with Crippen molar-refractivity contribution in [3.63, 3.8) is 0 Å². The number of carbonyl (C=O) groups is 1. The third-order valence-electron chi connectivity index (χ3n) is 3.19. The molecule has 0 aromatic heterocycles. The fourth-order valence-electron chi connectivity index (χ4n) is 1.96. The maximum Gasteiger partial charge on any atom is 0.246 e. The molecule has 122 valence electrons. The minimum atomic E-state index is -0.188. The van der Waals surface area contributed by atoms with Crippen LogP contribution in [0.25, 0.3) is 0 Å². The van der Waals surface area contributed by atoms with Crippen molar-refractivity contribution in [1.29, 1.82) is 0 Å². The summed E-state index contributed by atoms with van der Waals surface area (Å²) in [5.41, 5.74) is 7.65. The molecule has 0 saturated carbocycles. The van der Waals surface area contributed by atoms with Gasteiger partial charge in [-0.1, -0.05) is 22.0 Å². The van der Waals surface area contributed by atoms with E-state index in [4.69, 9.17) is 10.5 Å². The number of anilines is 1. The Labute approximate surface area is 155 Å². The summed E-state index contributed by atoms with van der Waals surface area (Å²) >= 11 is 3.38. The van der Waals surface area contributed by atoms with Crippen molar-refractivity contribution in [1.82, 2.24) is 4.90 Å². The molecule has 1 aromatic carbocycles. The van der Waals surface area contributed by atoms with E-state index in [1.165, 1.54) is 0 Å². The van der Waals surface area contributed by atoms with E-state index in [1.807, 2.05) is 30.0 Å². The third-order valence-corrected chi connectivity index (χ3v) is 3.69. The van der Waals surface area contributed by atoms with E-state index < -0.39 is 0 Å².